The quantitative estimate of drug-likeness (QED) is 0.0344. The Morgan fingerprint density at radius 3 is 2.45 bits per heavy atom. The predicted molar refractivity (Wildman–Crippen MR) is 246 cm³/mol. The van der Waals surface area contributed by atoms with Crippen molar-refractivity contribution in [3.8, 4) is 22.5 Å². The molecule has 0 saturated carbocycles. The first kappa shape index (κ1) is 47.4. The minimum Gasteiger partial charge on any atom is -0.382 e. The molecule has 1 saturated heterocycles. The number of hydrogen-bond acceptors (Lipinski definition) is 16. The molecule has 0 aliphatic carbocycles. The number of ether oxygens (including phenoxy) is 5. The lowest BCUT2D eigenvalue weighted by Crippen LogP contribution is -2.34. The van der Waals surface area contributed by atoms with Gasteiger partial charge in [-0.05, 0) is 22.8 Å². The molecule has 2 aliphatic rings. The number of amides is 1. The summed E-state index contributed by atoms with van der Waals surface area (Å²) >= 11 is 1.52. The van der Waals surface area contributed by atoms with Crippen LogP contribution < -0.4 is 10.6 Å². The summed E-state index contributed by atoms with van der Waals surface area (Å²) in [6, 6.07) is 24.0. The van der Waals surface area contributed by atoms with Crippen molar-refractivity contribution in [2.45, 2.75) is 63.4 Å². The molecule has 1 fully saturated rings. The largest absolute Gasteiger partial charge is 0.382 e. The second kappa shape index (κ2) is 22.1. The van der Waals surface area contributed by atoms with Crippen LogP contribution in [-0.2, 0) is 67.5 Å². The number of carbonyl (C=O) groups excluding carboxylic acids is 1. The fourth-order valence-corrected chi connectivity index (χ4v) is 9.13. The van der Waals surface area contributed by atoms with Gasteiger partial charge in [0.2, 0.25) is 13.5 Å². The molecule has 2 radical (unpaired) electrons. The lowest BCUT2D eigenvalue weighted by atomic mass is 9.95. The first-order chi connectivity index (χ1) is 32.2. The third-order valence-electron chi connectivity index (χ3n) is 11.0. The molecule has 3 aromatic carbocycles. The van der Waals surface area contributed by atoms with Crippen LogP contribution in [0.25, 0.3) is 33.7 Å². The molecular formula is C44H50BFN9O9PS. The Labute approximate surface area is 386 Å². The smallest absolute Gasteiger partial charge is 0.263 e. The van der Waals surface area contributed by atoms with Crippen molar-refractivity contribution in [2.24, 2.45) is 0 Å². The van der Waals surface area contributed by atoms with E-state index in [4.69, 9.17) is 46.0 Å². The molecule has 18 nitrogen and oxygen atoms in total. The van der Waals surface area contributed by atoms with Crippen LogP contribution >= 0.6 is 19.2 Å². The Balaban J connectivity index is 0.719. The number of nitrogen functional groups attached to an aromatic ring is 1. The summed E-state index contributed by atoms with van der Waals surface area (Å²) in [6.45, 7) is 5.31. The van der Waals surface area contributed by atoms with Gasteiger partial charge < -0.3 is 43.4 Å². The van der Waals surface area contributed by atoms with Gasteiger partial charge in [0.05, 0.1) is 83.0 Å². The van der Waals surface area contributed by atoms with Crippen LogP contribution in [0.15, 0.2) is 85.5 Å². The number of thioether (sulfide) groups is 1. The van der Waals surface area contributed by atoms with E-state index in [1.807, 2.05) is 83.2 Å². The lowest BCUT2D eigenvalue weighted by molar-refractivity contribution is -0.118. The molecule has 22 heteroatoms. The molecule has 0 bridgehead atoms. The fourth-order valence-electron chi connectivity index (χ4n) is 7.73. The average molecular weight is 942 g/mol. The predicted octanol–water partition coefficient (Wildman–Crippen LogP) is 6.29. The minimum absolute atomic E-state index is 0.0479. The van der Waals surface area contributed by atoms with Crippen LogP contribution in [0.1, 0.15) is 36.3 Å². The van der Waals surface area contributed by atoms with Crippen LogP contribution in [0.2, 0.25) is 0 Å². The van der Waals surface area contributed by atoms with Crippen LogP contribution in [-0.4, -0.2) is 119 Å². The summed E-state index contributed by atoms with van der Waals surface area (Å²) in [6.07, 6.45) is -2.41. The zero-order chi connectivity index (χ0) is 46.0. The van der Waals surface area contributed by atoms with E-state index in [2.05, 4.69) is 31.3 Å². The number of benzene rings is 3. The SMILES string of the molecule is [B]P(=O)(OC)O[C@H]1[C@@H](F)[C@H](n2cnc3c(N)ncnc32)O[C@@H]1COCSCc1ccc(COCCOCCOCCn2nnc3c2-c2ccccc2CN(C(=O)CC)c2ccccc2-3)cc1. The molecule has 1 unspecified atom stereocenters. The molecule has 3 aromatic heterocycles. The van der Waals surface area contributed by atoms with E-state index in [1.165, 1.54) is 29.0 Å². The molecular weight excluding hydrogens is 891 g/mol. The molecule has 2 N–H and O–H groups in total. The van der Waals surface area contributed by atoms with Crippen molar-refractivity contribution >= 4 is 55.4 Å². The third-order valence-corrected chi connectivity index (χ3v) is 13.0. The van der Waals surface area contributed by atoms with Gasteiger partial charge in [-0.15, -0.1) is 16.9 Å². The number of aromatic nitrogens is 7. The van der Waals surface area contributed by atoms with E-state index in [1.54, 1.807) is 0 Å². The Kier molecular flexibility index (Phi) is 15.9. The standard InChI is InChI=1S/C44H50BFN9O9PS/c1-3-36(56)53-22-31-8-4-5-9-32(31)40-38(33-10-6-7-11-34(33)53)51-52-55(40)16-17-59-18-19-60-20-21-61-23-29-12-14-30(15-13-29)25-66-28-62-24-35-41(64-65(45,57)58-2)37(46)44(63-35)54-27-50-39-42(47)48-26-49-43(39)54/h4-15,26-27,35,37,41,44H,3,16-25,28H2,1-2H3,(H2,47,48,49)/t35-,37-,41-,44-,65?/m1/s1. The second-order valence-electron chi connectivity index (χ2n) is 15.3. The van der Waals surface area contributed by atoms with Crippen LogP contribution in [0.5, 0.6) is 0 Å². The third kappa shape index (κ3) is 11.0. The van der Waals surface area contributed by atoms with Crippen molar-refractivity contribution in [3.05, 3.63) is 102 Å². The lowest BCUT2D eigenvalue weighted by Gasteiger charge is -2.28. The van der Waals surface area contributed by atoms with Crippen LogP contribution in [0, 0.1) is 0 Å². The van der Waals surface area contributed by atoms with E-state index < -0.39 is 32.1 Å². The molecule has 66 heavy (non-hydrogen) atoms. The Morgan fingerprint density at radius 2 is 1.67 bits per heavy atom. The van der Waals surface area contributed by atoms with Crippen molar-refractivity contribution in [2.75, 3.05) is 63.3 Å². The summed E-state index contributed by atoms with van der Waals surface area (Å²) in [5, 5.41) is 9.12. The second-order valence-corrected chi connectivity index (χ2v) is 17.9. The van der Waals surface area contributed by atoms with Crippen molar-refractivity contribution in [1.82, 2.24) is 34.5 Å². The molecule has 8 rings (SSSR count). The number of anilines is 2. The summed E-state index contributed by atoms with van der Waals surface area (Å²) in [5.41, 5.74) is 13.9. The summed E-state index contributed by atoms with van der Waals surface area (Å²) in [4.78, 5) is 27.2. The molecule has 5 atom stereocenters. The first-order valence-corrected chi connectivity index (χ1v) is 24.2. The Bertz CT molecular complexity index is 2630. The van der Waals surface area contributed by atoms with Crippen LogP contribution in [0.3, 0.4) is 0 Å². The zero-order valence-corrected chi connectivity index (χ0v) is 38.2. The Morgan fingerprint density at radius 1 is 0.939 bits per heavy atom. The number of carbonyl (C=O) groups is 1. The topological polar surface area (TPSA) is 202 Å². The number of fused-ring (bicyclic) bond motifs is 6. The van der Waals surface area contributed by atoms with E-state index >= 15 is 4.39 Å². The summed E-state index contributed by atoms with van der Waals surface area (Å²) in [7, 11) is 2.67. The number of nitrogens with zero attached hydrogens (tertiary/aromatic N) is 8. The maximum absolute atomic E-state index is 15.9. The summed E-state index contributed by atoms with van der Waals surface area (Å²) < 4.78 is 71.1. The van der Waals surface area contributed by atoms with Crippen LogP contribution in [0.4, 0.5) is 15.9 Å². The Hall–Kier alpha value is -5.09. The van der Waals surface area contributed by atoms with Gasteiger partial charge in [-0.25, -0.2) is 24.0 Å². The van der Waals surface area contributed by atoms with Crippen molar-refractivity contribution in [3.63, 3.8) is 0 Å². The highest BCUT2D eigenvalue weighted by atomic mass is 32.2. The average Bonchev–Trinajstić information content (AvgIpc) is 4.04. The van der Waals surface area contributed by atoms with E-state index in [9.17, 15) is 9.36 Å². The number of hydrogen-bond donors (Lipinski definition) is 1. The molecule has 0 spiro atoms. The van der Waals surface area contributed by atoms with Gasteiger partial charge in [-0.3, -0.25) is 13.9 Å². The number of nitrogens with two attached hydrogens (primary N) is 1. The van der Waals surface area contributed by atoms with Gasteiger partial charge in [0.1, 0.15) is 29.7 Å². The number of rotatable bonds is 22. The molecule has 346 valence electrons. The highest BCUT2D eigenvalue weighted by Gasteiger charge is 2.49. The monoisotopic (exact) mass is 941 g/mol. The van der Waals surface area contributed by atoms with E-state index in [-0.39, 0.29) is 35.4 Å². The molecule has 1 amide bonds. The minimum atomic E-state index is -4.07. The number of para-hydroxylation sites is 1. The van der Waals surface area contributed by atoms with Gasteiger partial charge in [0.15, 0.2) is 23.9 Å². The highest BCUT2D eigenvalue weighted by Crippen LogP contribution is 2.48. The molecule has 2 aliphatic heterocycles. The van der Waals surface area contributed by atoms with E-state index in [0.717, 1.165) is 52.0 Å². The maximum atomic E-state index is 15.9. The first-order valence-electron chi connectivity index (χ1n) is 21.4. The summed E-state index contributed by atoms with van der Waals surface area (Å²) in [5.74, 6) is 1.11. The molecule has 5 heterocycles. The highest BCUT2D eigenvalue weighted by molar-refractivity contribution is 7.98. The zero-order valence-electron chi connectivity index (χ0n) is 36.5. The van der Waals surface area contributed by atoms with Gasteiger partial charge in [0.25, 0.3) is 7.47 Å². The normalized spacial score (nSPS) is 18.9. The molecule has 6 aromatic rings. The van der Waals surface area contributed by atoms with Gasteiger partial charge >= 0.3 is 0 Å². The van der Waals surface area contributed by atoms with E-state index in [0.29, 0.717) is 64.9 Å². The van der Waals surface area contributed by atoms with Gasteiger partial charge in [-0.1, -0.05) is 78.9 Å². The van der Waals surface area contributed by atoms with Crippen molar-refractivity contribution in [1.29, 1.82) is 0 Å². The number of halogens is 1. The number of imidazole rings is 1. The van der Waals surface area contributed by atoms with Gasteiger partial charge in [0, 0.05) is 30.4 Å². The maximum Gasteiger partial charge on any atom is 0.263 e. The van der Waals surface area contributed by atoms with Gasteiger partial charge in [-0.2, -0.15) is 0 Å². The van der Waals surface area contributed by atoms with Crippen molar-refractivity contribution < 1.29 is 46.5 Å². The number of alkyl halides is 1. The fraction of sp³-hybridized carbons (Fsp3) is 0.409.